The predicted octanol–water partition coefficient (Wildman–Crippen LogP) is 3.33. The van der Waals surface area contributed by atoms with E-state index in [1.165, 1.54) is 12.1 Å². The number of anilines is 1. The van der Waals surface area contributed by atoms with Crippen LogP contribution in [0, 0.1) is 10.1 Å². The molecular formula is C16H12ClF3N2O6S. The number of nitro benzene ring substituents is 1. The minimum atomic E-state index is -5.26. The Balaban J connectivity index is 2.42. The lowest BCUT2D eigenvalue weighted by Crippen LogP contribution is -2.52. The van der Waals surface area contributed by atoms with Crippen LogP contribution in [0.5, 0.6) is 0 Å². The summed E-state index contributed by atoms with van der Waals surface area (Å²) in [5.74, 6) is -1.83. The lowest BCUT2D eigenvalue weighted by atomic mass is 10.1. The van der Waals surface area contributed by atoms with Crippen LogP contribution in [0.2, 0.25) is 5.02 Å². The molecule has 2 rings (SSSR count). The fourth-order valence-electron chi connectivity index (χ4n) is 2.10. The Hall–Kier alpha value is -2.70. The molecule has 29 heavy (non-hydrogen) atoms. The van der Waals surface area contributed by atoms with E-state index in [1.807, 2.05) is 0 Å². The first-order chi connectivity index (χ1) is 13.2. The smallest absolute Gasteiger partial charge is 0.373 e. The van der Waals surface area contributed by atoms with E-state index in [0.29, 0.717) is 0 Å². The molecule has 0 saturated carbocycles. The zero-order valence-corrected chi connectivity index (χ0v) is 16.0. The molecule has 0 aliphatic heterocycles. The van der Waals surface area contributed by atoms with Crippen molar-refractivity contribution in [2.45, 2.75) is 28.5 Å². The lowest BCUT2D eigenvalue weighted by Gasteiger charge is -2.25. The van der Waals surface area contributed by atoms with Crippen molar-refractivity contribution in [3.63, 3.8) is 0 Å². The third kappa shape index (κ3) is 4.33. The molecule has 2 aromatic carbocycles. The standard InChI is InChI=1S/C16H12ClF3N2O6S/c1-15(24,16(18,19)20)14(23)21-11-7-6-9(8-10(11)17)29(27,28)13-5-3-2-4-12(13)22(25)26/h2-8,24H,1H3,(H,21,23)/t15-/m1/s1. The van der Waals surface area contributed by atoms with Gasteiger partial charge in [-0.3, -0.25) is 14.9 Å². The number of aliphatic hydroxyl groups is 1. The zero-order chi connectivity index (χ0) is 22.2. The Morgan fingerprint density at radius 3 is 2.31 bits per heavy atom. The third-order valence-electron chi connectivity index (χ3n) is 3.84. The molecule has 0 aliphatic rings. The molecule has 156 valence electrons. The van der Waals surface area contributed by atoms with Crippen molar-refractivity contribution in [1.82, 2.24) is 0 Å². The number of rotatable bonds is 5. The first-order valence-electron chi connectivity index (χ1n) is 7.58. The number of hydrogen-bond acceptors (Lipinski definition) is 6. The number of sulfone groups is 1. The summed E-state index contributed by atoms with van der Waals surface area (Å²) in [6.45, 7) is 0.240. The molecule has 0 radical (unpaired) electrons. The minimum absolute atomic E-state index is 0.240. The number of hydrogen-bond donors (Lipinski definition) is 2. The summed E-state index contributed by atoms with van der Waals surface area (Å²) in [6, 6.07) is 7.15. The molecule has 2 N–H and O–H groups in total. The van der Waals surface area contributed by atoms with E-state index in [1.54, 1.807) is 5.32 Å². The van der Waals surface area contributed by atoms with Crippen molar-refractivity contribution >= 4 is 38.7 Å². The van der Waals surface area contributed by atoms with Crippen molar-refractivity contribution in [2.24, 2.45) is 0 Å². The summed E-state index contributed by atoms with van der Waals surface area (Å²) < 4.78 is 63.6. The second-order valence-electron chi connectivity index (χ2n) is 5.89. The Kier molecular flexibility index (Phi) is 5.93. The molecule has 0 saturated heterocycles. The predicted molar refractivity (Wildman–Crippen MR) is 95.3 cm³/mol. The van der Waals surface area contributed by atoms with Gasteiger partial charge in [0.1, 0.15) is 4.90 Å². The minimum Gasteiger partial charge on any atom is -0.373 e. The zero-order valence-electron chi connectivity index (χ0n) is 14.4. The summed E-state index contributed by atoms with van der Waals surface area (Å²) in [5.41, 5.74) is -4.80. The van der Waals surface area contributed by atoms with Gasteiger partial charge >= 0.3 is 6.18 Å². The first kappa shape index (κ1) is 22.6. The van der Waals surface area contributed by atoms with Gasteiger partial charge < -0.3 is 10.4 Å². The van der Waals surface area contributed by atoms with Crippen molar-refractivity contribution in [2.75, 3.05) is 5.32 Å². The van der Waals surface area contributed by atoms with Gasteiger partial charge in [-0.1, -0.05) is 23.7 Å². The molecule has 0 bridgehead atoms. The second kappa shape index (κ2) is 7.61. The second-order valence-corrected chi connectivity index (χ2v) is 8.22. The maximum atomic E-state index is 12.7. The molecule has 0 fully saturated rings. The van der Waals surface area contributed by atoms with Gasteiger partial charge in [-0.25, -0.2) is 8.42 Å². The van der Waals surface area contributed by atoms with Gasteiger partial charge in [0.05, 0.1) is 20.5 Å². The number of carbonyl (C=O) groups excluding carboxylic acids is 1. The average molecular weight is 453 g/mol. The van der Waals surface area contributed by atoms with Crippen LogP contribution >= 0.6 is 11.6 Å². The van der Waals surface area contributed by atoms with Crippen molar-refractivity contribution in [3.05, 3.63) is 57.6 Å². The van der Waals surface area contributed by atoms with Crippen molar-refractivity contribution in [1.29, 1.82) is 0 Å². The molecule has 13 heteroatoms. The fraction of sp³-hybridized carbons (Fsp3) is 0.188. The molecule has 1 amide bonds. The number of benzene rings is 2. The summed E-state index contributed by atoms with van der Waals surface area (Å²) in [6.07, 6.45) is -5.26. The van der Waals surface area contributed by atoms with Crippen LogP contribution in [0.15, 0.2) is 52.3 Å². The van der Waals surface area contributed by atoms with Crippen LogP contribution in [0.1, 0.15) is 6.92 Å². The van der Waals surface area contributed by atoms with Gasteiger partial charge in [0.15, 0.2) is 0 Å². The highest BCUT2D eigenvalue weighted by molar-refractivity contribution is 7.91. The Bertz CT molecular complexity index is 1090. The van der Waals surface area contributed by atoms with Crippen LogP contribution in [0.3, 0.4) is 0 Å². The normalized spacial score (nSPS) is 14.1. The number of nitrogens with one attached hydrogen (secondary N) is 1. The summed E-state index contributed by atoms with van der Waals surface area (Å²) in [4.78, 5) is 20.8. The van der Waals surface area contributed by atoms with E-state index < -0.39 is 58.6 Å². The van der Waals surface area contributed by atoms with E-state index in [4.69, 9.17) is 11.6 Å². The molecule has 0 aromatic heterocycles. The van der Waals surface area contributed by atoms with Crippen LogP contribution in [0.4, 0.5) is 24.5 Å². The molecule has 8 nitrogen and oxygen atoms in total. The Morgan fingerprint density at radius 2 is 1.79 bits per heavy atom. The van der Waals surface area contributed by atoms with Gasteiger partial charge in [-0.05, 0) is 31.2 Å². The Labute approximate surface area is 167 Å². The molecule has 0 unspecified atom stereocenters. The van der Waals surface area contributed by atoms with Crippen LogP contribution < -0.4 is 5.32 Å². The number of para-hydroxylation sites is 1. The van der Waals surface area contributed by atoms with Gasteiger partial charge in [-0.15, -0.1) is 0 Å². The van der Waals surface area contributed by atoms with E-state index in [-0.39, 0.29) is 6.92 Å². The van der Waals surface area contributed by atoms with E-state index in [2.05, 4.69) is 0 Å². The number of nitrogens with zero attached hydrogens (tertiary/aromatic N) is 1. The number of amides is 1. The molecule has 0 spiro atoms. The quantitative estimate of drug-likeness (QED) is 0.529. The number of carbonyl (C=O) groups is 1. The van der Waals surface area contributed by atoms with Gasteiger partial charge in [0.25, 0.3) is 11.6 Å². The SMILES string of the molecule is C[C@@](O)(C(=O)Nc1ccc(S(=O)(=O)c2ccccc2[N+](=O)[O-])cc1Cl)C(F)(F)F. The summed E-state index contributed by atoms with van der Waals surface area (Å²) in [7, 11) is -4.40. The number of halogens is 4. The topological polar surface area (TPSA) is 127 Å². The lowest BCUT2D eigenvalue weighted by molar-refractivity contribution is -0.387. The van der Waals surface area contributed by atoms with Crippen LogP contribution in [-0.2, 0) is 14.6 Å². The molecule has 0 aliphatic carbocycles. The highest BCUT2D eigenvalue weighted by Gasteiger charge is 2.55. The summed E-state index contributed by atoms with van der Waals surface area (Å²) >= 11 is 5.86. The monoisotopic (exact) mass is 452 g/mol. The van der Waals surface area contributed by atoms with E-state index in [0.717, 1.165) is 30.3 Å². The molecular weight excluding hydrogens is 441 g/mol. The largest absolute Gasteiger partial charge is 0.426 e. The highest BCUT2D eigenvalue weighted by Crippen LogP contribution is 2.34. The molecule has 1 atom stereocenters. The maximum absolute atomic E-state index is 12.7. The maximum Gasteiger partial charge on any atom is 0.426 e. The highest BCUT2D eigenvalue weighted by atomic mass is 35.5. The van der Waals surface area contributed by atoms with Crippen molar-refractivity contribution in [3.8, 4) is 0 Å². The molecule has 2 aromatic rings. The number of nitro groups is 1. The van der Waals surface area contributed by atoms with E-state index >= 15 is 0 Å². The van der Waals surface area contributed by atoms with E-state index in [9.17, 15) is 41.6 Å². The molecule has 0 heterocycles. The Morgan fingerprint density at radius 1 is 1.21 bits per heavy atom. The van der Waals surface area contributed by atoms with Crippen LogP contribution in [-0.4, -0.2) is 36.1 Å². The van der Waals surface area contributed by atoms with Crippen molar-refractivity contribution < 1.29 is 36.4 Å². The van der Waals surface area contributed by atoms with Gasteiger partial charge in [0, 0.05) is 6.07 Å². The average Bonchev–Trinajstić information content (AvgIpc) is 2.62. The van der Waals surface area contributed by atoms with Gasteiger partial charge in [0.2, 0.25) is 15.4 Å². The third-order valence-corrected chi connectivity index (χ3v) is 5.96. The number of alkyl halides is 3. The fourth-order valence-corrected chi connectivity index (χ4v) is 3.84. The van der Waals surface area contributed by atoms with Gasteiger partial charge in [-0.2, -0.15) is 13.2 Å². The first-order valence-corrected chi connectivity index (χ1v) is 9.44. The van der Waals surface area contributed by atoms with Crippen LogP contribution in [0.25, 0.3) is 0 Å². The summed E-state index contributed by atoms with van der Waals surface area (Å²) in [5, 5.41) is 21.7.